The van der Waals surface area contributed by atoms with Gasteiger partial charge in [-0.25, -0.2) is 14.5 Å². The molecule has 0 aliphatic heterocycles. The Hall–Kier alpha value is -3.61. The van der Waals surface area contributed by atoms with Crippen LogP contribution in [0, 0.1) is 0 Å². The van der Waals surface area contributed by atoms with Crippen LogP contribution in [0.15, 0.2) is 59.3 Å². The monoisotopic (exact) mass is 377 g/mol. The molecule has 1 aromatic carbocycles. The fraction of sp³-hybridized carbons (Fsp3) is 0.190. The number of carbonyl (C=O) groups excluding carboxylic acids is 1. The van der Waals surface area contributed by atoms with Gasteiger partial charge >= 0.3 is 5.97 Å². The number of esters is 1. The van der Waals surface area contributed by atoms with E-state index in [2.05, 4.69) is 10.1 Å². The van der Waals surface area contributed by atoms with Crippen molar-refractivity contribution in [2.45, 2.75) is 19.9 Å². The van der Waals surface area contributed by atoms with E-state index in [4.69, 9.17) is 13.9 Å². The van der Waals surface area contributed by atoms with Crippen molar-refractivity contribution >= 4 is 17.0 Å². The number of benzene rings is 1. The molecule has 0 unspecified atom stereocenters. The van der Waals surface area contributed by atoms with Crippen LogP contribution in [0.3, 0.4) is 0 Å². The maximum absolute atomic E-state index is 12.9. The molecule has 0 saturated carbocycles. The molecule has 0 fully saturated rings. The third-order valence-corrected chi connectivity index (χ3v) is 4.32. The number of rotatable bonds is 5. The van der Waals surface area contributed by atoms with Crippen LogP contribution in [0.2, 0.25) is 0 Å². The zero-order chi connectivity index (χ0) is 19.7. The van der Waals surface area contributed by atoms with Gasteiger partial charge in [0.05, 0.1) is 30.5 Å². The number of hydrogen-bond acceptors (Lipinski definition) is 6. The number of hydrogen-bond donors (Lipinski definition) is 0. The Bertz CT molecular complexity index is 1110. The van der Waals surface area contributed by atoms with Crippen LogP contribution in [0.1, 0.15) is 30.2 Å². The highest BCUT2D eigenvalue weighted by molar-refractivity contribution is 6.04. The average Bonchev–Trinajstić information content (AvgIpc) is 3.37. The van der Waals surface area contributed by atoms with Crippen LogP contribution in [0.5, 0.6) is 11.5 Å². The molecule has 0 bridgehead atoms. The molecule has 0 N–H and O–H groups in total. The lowest BCUT2D eigenvalue weighted by molar-refractivity contribution is 0.0736. The average molecular weight is 377 g/mol. The highest BCUT2D eigenvalue weighted by Gasteiger charge is 2.20. The highest BCUT2D eigenvalue weighted by atomic mass is 16.5. The molecule has 4 aromatic rings. The molecule has 0 spiro atoms. The van der Waals surface area contributed by atoms with Crippen LogP contribution in [-0.2, 0) is 0 Å². The van der Waals surface area contributed by atoms with E-state index in [-0.39, 0.29) is 6.04 Å². The van der Waals surface area contributed by atoms with Crippen LogP contribution >= 0.6 is 0 Å². The van der Waals surface area contributed by atoms with Gasteiger partial charge in [-0.05, 0) is 56.3 Å². The highest BCUT2D eigenvalue weighted by Crippen LogP contribution is 2.28. The molecule has 0 saturated heterocycles. The summed E-state index contributed by atoms with van der Waals surface area (Å²) < 4.78 is 17.9. The molecule has 0 aliphatic rings. The number of ether oxygens (including phenoxy) is 2. The first-order valence-electron chi connectivity index (χ1n) is 8.85. The molecule has 3 aromatic heterocycles. The summed E-state index contributed by atoms with van der Waals surface area (Å²) >= 11 is 0. The number of nitrogens with zero attached hydrogens (tertiary/aromatic N) is 3. The maximum atomic E-state index is 12.9. The summed E-state index contributed by atoms with van der Waals surface area (Å²) in [4.78, 5) is 17.6. The summed E-state index contributed by atoms with van der Waals surface area (Å²) in [5.41, 5.74) is 1.52. The van der Waals surface area contributed by atoms with E-state index in [9.17, 15) is 4.79 Å². The maximum Gasteiger partial charge on any atom is 0.344 e. The lowest BCUT2D eigenvalue weighted by atomic mass is 10.1. The molecule has 3 heterocycles. The lowest BCUT2D eigenvalue weighted by Crippen LogP contribution is -2.10. The van der Waals surface area contributed by atoms with Crippen molar-refractivity contribution in [2.24, 2.45) is 0 Å². The van der Waals surface area contributed by atoms with Gasteiger partial charge in [-0.15, -0.1) is 0 Å². The number of pyridine rings is 1. The topological polar surface area (TPSA) is 79.4 Å². The molecule has 142 valence electrons. The van der Waals surface area contributed by atoms with Crippen LogP contribution in [0.4, 0.5) is 0 Å². The first-order chi connectivity index (χ1) is 13.6. The predicted molar refractivity (Wildman–Crippen MR) is 104 cm³/mol. The van der Waals surface area contributed by atoms with Gasteiger partial charge in [0, 0.05) is 6.04 Å². The van der Waals surface area contributed by atoms with Gasteiger partial charge in [-0.1, -0.05) is 0 Å². The molecule has 0 aliphatic carbocycles. The van der Waals surface area contributed by atoms with Crippen molar-refractivity contribution < 1.29 is 18.7 Å². The standard InChI is InChI=1S/C21H19N3O4/c1-13(2)24-20-17(12-22-24)16(11-18(23-20)19-5-4-10-27-19)21(25)28-15-8-6-14(26-3)7-9-15/h4-13H,1-3H3. The van der Waals surface area contributed by atoms with E-state index in [1.807, 2.05) is 13.8 Å². The van der Waals surface area contributed by atoms with Crippen LogP contribution in [-0.4, -0.2) is 27.8 Å². The van der Waals surface area contributed by atoms with E-state index in [0.717, 1.165) is 0 Å². The molecule has 0 amide bonds. The van der Waals surface area contributed by atoms with Crippen molar-refractivity contribution in [3.8, 4) is 23.0 Å². The van der Waals surface area contributed by atoms with Gasteiger partial charge in [-0.3, -0.25) is 0 Å². The molecular weight excluding hydrogens is 358 g/mol. The Labute approximate surface area is 161 Å². The van der Waals surface area contributed by atoms with Crippen molar-refractivity contribution in [3.63, 3.8) is 0 Å². The summed E-state index contributed by atoms with van der Waals surface area (Å²) in [6.07, 6.45) is 3.20. The zero-order valence-corrected chi connectivity index (χ0v) is 15.7. The largest absolute Gasteiger partial charge is 0.497 e. The van der Waals surface area contributed by atoms with Crippen molar-refractivity contribution in [3.05, 3.63) is 60.5 Å². The predicted octanol–water partition coefficient (Wildman–Crippen LogP) is 4.50. The third kappa shape index (κ3) is 3.22. The second-order valence-electron chi connectivity index (χ2n) is 6.52. The van der Waals surface area contributed by atoms with E-state index in [1.54, 1.807) is 66.7 Å². The number of fused-ring (bicyclic) bond motifs is 1. The second-order valence-corrected chi connectivity index (χ2v) is 6.52. The SMILES string of the molecule is COc1ccc(OC(=O)c2cc(-c3ccco3)nc3c2cnn3C(C)C)cc1. The number of methoxy groups -OCH3 is 1. The van der Waals surface area contributed by atoms with Crippen molar-refractivity contribution in [2.75, 3.05) is 7.11 Å². The molecule has 28 heavy (non-hydrogen) atoms. The first-order valence-corrected chi connectivity index (χ1v) is 8.85. The Morgan fingerprint density at radius 1 is 1.14 bits per heavy atom. The van der Waals surface area contributed by atoms with Gasteiger partial charge in [0.15, 0.2) is 11.4 Å². The minimum Gasteiger partial charge on any atom is -0.497 e. The van der Waals surface area contributed by atoms with Crippen molar-refractivity contribution in [1.29, 1.82) is 0 Å². The zero-order valence-electron chi connectivity index (χ0n) is 15.7. The Morgan fingerprint density at radius 3 is 2.54 bits per heavy atom. The third-order valence-electron chi connectivity index (χ3n) is 4.32. The van der Waals surface area contributed by atoms with Gasteiger partial charge in [0.2, 0.25) is 0 Å². The summed E-state index contributed by atoms with van der Waals surface area (Å²) in [7, 11) is 1.58. The summed E-state index contributed by atoms with van der Waals surface area (Å²) in [6.45, 7) is 4.01. The van der Waals surface area contributed by atoms with Gasteiger partial charge in [0.25, 0.3) is 0 Å². The Morgan fingerprint density at radius 2 is 1.89 bits per heavy atom. The number of furan rings is 1. The Kier molecular flexibility index (Phi) is 4.57. The molecular formula is C21H19N3O4. The summed E-state index contributed by atoms with van der Waals surface area (Å²) in [5.74, 6) is 1.18. The second kappa shape index (κ2) is 7.19. The molecule has 7 heteroatoms. The summed E-state index contributed by atoms with van der Waals surface area (Å²) in [5, 5.41) is 5.02. The first kappa shape index (κ1) is 17.8. The smallest absolute Gasteiger partial charge is 0.344 e. The van der Waals surface area contributed by atoms with Gasteiger partial charge in [0.1, 0.15) is 17.2 Å². The quantitative estimate of drug-likeness (QED) is 0.376. The molecule has 0 atom stereocenters. The number of carbonyl (C=O) groups is 1. The van der Waals surface area contributed by atoms with E-state index >= 15 is 0 Å². The molecule has 0 radical (unpaired) electrons. The summed E-state index contributed by atoms with van der Waals surface area (Å²) in [6, 6.07) is 12.1. The van der Waals surface area contributed by atoms with Crippen LogP contribution < -0.4 is 9.47 Å². The molecule has 7 nitrogen and oxygen atoms in total. The lowest BCUT2D eigenvalue weighted by Gasteiger charge is -2.10. The Balaban J connectivity index is 1.78. The van der Waals surface area contributed by atoms with E-state index in [0.29, 0.717) is 39.6 Å². The van der Waals surface area contributed by atoms with Crippen LogP contribution in [0.25, 0.3) is 22.5 Å². The fourth-order valence-corrected chi connectivity index (χ4v) is 2.92. The minimum absolute atomic E-state index is 0.0855. The minimum atomic E-state index is -0.492. The van der Waals surface area contributed by atoms with E-state index in [1.165, 1.54) is 0 Å². The van der Waals surface area contributed by atoms with Gasteiger partial charge < -0.3 is 13.9 Å². The number of aromatic nitrogens is 3. The van der Waals surface area contributed by atoms with E-state index < -0.39 is 5.97 Å². The van der Waals surface area contributed by atoms with Gasteiger partial charge in [-0.2, -0.15) is 5.10 Å². The molecule has 4 rings (SSSR count). The normalized spacial score (nSPS) is 11.1. The van der Waals surface area contributed by atoms with Crippen molar-refractivity contribution in [1.82, 2.24) is 14.8 Å². The fourth-order valence-electron chi connectivity index (χ4n) is 2.92.